The van der Waals surface area contributed by atoms with E-state index in [0.29, 0.717) is 24.1 Å². The first-order valence-electron chi connectivity index (χ1n) is 10.3. The molecule has 1 aliphatic rings. The van der Waals surface area contributed by atoms with Crippen LogP contribution in [-0.2, 0) is 12.7 Å². The Hall–Kier alpha value is -3.69. The number of aromatic nitrogens is 2. The number of nitrogens with zero attached hydrogens (tertiary/aromatic N) is 3. The monoisotopic (exact) mass is 459 g/mol. The van der Waals surface area contributed by atoms with Crippen molar-refractivity contribution in [1.29, 1.82) is 0 Å². The lowest BCUT2D eigenvalue weighted by Gasteiger charge is -2.27. The third-order valence-corrected chi connectivity index (χ3v) is 5.62. The van der Waals surface area contributed by atoms with Crippen LogP contribution in [0.15, 0.2) is 54.9 Å². The predicted molar refractivity (Wildman–Crippen MR) is 115 cm³/mol. The first-order valence-corrected chi connectivity index (χ1v) is 10.3. The number of halogens is 4. The van der Waals surface area contributed by atoms with Gasteiger partial charge in [-0.2, -0.15) is 17.6 Å². The Morgan fingerprint density at radius 3 is 2.42 bits per heavy atom. The van der Waals surface area contributed by atoms with Crippen molar-refractivity contribution < 1.29 is 22.4 Å². The van der Waals surface area contributed by atoms with Crippen molar-refractivity contribution in [2.45, 2.75) is 31.6 Å². The van der Waals surface area contributed by atoms with Crippen LogP contribution in [0.3, 0.4) is 0 Å². The van der Waals surface area contributed by atoms with Gasteiger partial charge in [-0.1, -0.05) is 24.3 Å². The second kappa shape index (κ2) is 9.05. The molecule has 1 saturated heterocycles. The molecule has 0 aliphatic carbocycles. The maximum Gasteiger partial charge on any atom is 0.416 e. The number of carbonyl (C=O) groups excluding carboxylic acids is 1. The quantitative estimate of drug-likeness (QED) is 0.523. The molecule has 1 aliphatic heterocycles. The van der Waals surface area contributed by atoms with Crippen LogP contribution in [0.1, 0.15) is 45.9 Å². The summed E-state index contributed by atoms with van der Waals surface area (Å²) in [6.07, 6.45) is -1.74. The molecule has 172 valence electrons. The molecule has 0 bridgehead atoms. The molecule has 1 fully saturated rings. The number of hydrogen-bond acceptors (Lipinski definition) is 5. The summed E-state index contributed by atoms with van der Waals surface area (Å²) >= 11 is 0. The molecule has 3 N–H and O–H groups in total. The molecule has 1 atom stereocenters. The van der Waals surface area contributed by atoms with E-state index in [-0.39, 0.29) is 24.2 Å². The summed E-state index contributed by atoms with van der Waals surface area (Å²) in [5.41, 5.74) is 6.34. The number of alkyl halides is 3. The predicted octanol–water partition coefficient (Wildman–Crippen LogP) is 4.69. The molecule has 1 aromatic heterocycles. The van der Waals surface area contributed by atoms with Gasteiger partial charge in [-0.25, -0.2) is 9.97 Å². The van der Waals surface area contributed by atoms with Gasteiger partial charge < -0.3 is 16.0 Å². The Morgan fingerprint density at radius 2 is 1.79 bits per heavy atom. The van der Waals surface area contributed by atoms with E-state index < -0.39 is 23.5 Å². The van der Waals surface area contributed by atoms with Crippen LogP contribution in [0.4, 0.5) is 29.2 Å². The van der Waals surface area contributed by atoms with Crippen LogP contribution in [-0.4, -0.2) is 22.4 Å². The Labute approximate surface area is 187 Å². The Kier molecular flexibility index (Phi) is 6.17. The fourth-order valence-electron chi connectivity index (χ4n) is 3.92. The van der Waals surface area contributed by atoms with E-state index in [4.69, 9.17) is 5.73 Å². The van der Waals surface area contributed by atoms with Crippen LogP contribution < -0.4 is 16.0 Å². The average Bonchev–Trinajstić information content (AvgIpc) is 3.28. The molecule has 2 heterocycles. The third kappa shape index (κ3) is 4.89. The van der Waals surface area contributed by atoms with Crippen LogP contribution in [0.2, 0.25) is 0 Å². The maximum atomic E-state index is 15.3. The van der Waals surface area contributed by atoms with Crippen LogP contribution in [0.25, 0.3) is 0 Å². The molecule has 0 saturated carbocycles. The standard InChI is InChI=1S/C23H21F4N5O/c24-19-21(29-12-14-3-5-16(6-4-14)20(28)33)30-13-31-22(19)32-11-1-2-18(32)15-7-9-17(10-8-15)23(25,26)27/h3-10,13,18H,1-2,11-12H2,(H2,28,33)(H,29,30,31). The van der Waals surface area contributed by atoms with Gasteiger partial charge in [-0.05, 0) is 48.2 Å². The van der Waals surface area contributed by atoms with Crippen molar-refractivity contribution in [2.24, 2.45) is 5.73 Å². The molecule has 2 aromatic carbocycles. The number of hydrogen-bond donors (Lipinski definition) is 2. The van der Waals surface area contributed by atoms with E-state index in [9.17, 15) is 18.0 Å². The van der Waals surface area contributed by atoms with Gasteiger partial charge in [0.1, 0.15) is 6.33 Å². The van der Waals surface area contributed by atoms with Crippen molar-refractivity contribution in [3.05, 3.63) is 82.9 Å². The number of nitrogens with two attached hydrogens (primary N) is 1. The van der Waals surface area contributed by atoms with E-state index in [2.05, 4.69) is 15.3 Å². The molecular formula is C23H21F4N5O. The molecule has 0 spiro atoms. The number of carbonyl (C=O) groups is 1. The van der Waals surface area contributed by atoms with E-state index in [1.165, 1.54) is 18.5 Å². The van der Waals surface area contributed by atoms with Gasteiger partial charge in [-0.3, -0.25) is 4.79 Å². The van der Waals surface area contributed by atoms with Crippen molar-refractivity contribution in [2.75, 3.05) is 16.8 Å². The zero-order valence-corrected chi connectivity index (χ0v) is 17.4. The van der Waals surface area contributed by atoms with Crippen LogP contribution in [0, 0.1) is 5.82 Å². The lowest BCUT2D eigenvalue weighted by atomic mass is 10.0. The van der Waals surface area contributed by atoms with Gasteiger partial charge >= 0.3 is 6.18 Å². The fraction of sp³-hybridized carbons (Fsp3) is 0.261. The van der Waals surface area contributed by atoms with Gasteiger partial charge in [0, 0.05) is 18.7 Å². The van der Waals surface area contributed by atoms with Crippen molar-refractivity contribution >= 4 is 17.5 Å². The smallest absolute Gasteiger partial charge is 0.366 e. The summed E-state index contributed by atoms with van der Waals surface area (Å²) in [5, 5.41) is 2.93. The summed E-state index contributed by atoms with van der Waals surface area (Å²) in [4.78, 5) is 21.0. The molecule has 6 nitrogen and oxygen atoms in total. The summed E-state index contributed by atoms with van der Waals surface area (Å²) in [7, 11) is 0. The summed E-state index contributed by atoms with van der Waals surface area (Å²) in [6, 6.07) is 11.2. The average molecular weight is 459 g/mol. The number of benzene rings is 2. The van der Waals surface area contributed by atoms with Gasteiger partial charge in [0.25, 0.3) is 0 Å². The Balaban J connectivity index is 1.51. The summed E-state index contributed by atoms with van der Waals surface area (Å²) < 4.78 is 53.9. The fourth-order valence-corrected chi connectivity index (χ4v) is 3.92. The Bertz CT molecular complexity index is 1130. The zero-order chi connectivity index (χ0) is 23.6. The van der Waals surface area contributed by atoms with Crippen LogP contribution >= 0.6 is 0 Å². The lowest BCUT2D eigenvalue weighted by molar-refractivity contribution is -0.137. The summed E-state index contributed by atoms with van der Waals surface area (Å²) in [5.74, 6) is -1.06. The number of rotatable bonds is 6. The molecule has 3 aromatic rings. The normalized spacial score (nSPS) is 16.1. The maximum absolute atomic E-state index is 15.3. The van der Waals surface area contributed by atoms with Crippen molar-refractivity contribution in [1.82, 2.24) is 9.97 Å². The molecule has 10 heteroatoms. The first kappa shape index (κ1) is 22.5. The molecule has 1 unspecified atom stereocenters. The largest absolute Gasteiger partial charge is 0.416 e. The second-order valence-electron chi connectivity index (χ2n) is 7.75. The van der Waals surface area contributed by atoms with Gasteiger partial charge in [0.05, 0.1) is 11.6 Å². The van der Waals surface area contributed by atoms with E-state index in [1.807, 2.05) is 0 Å². The van der Waals surface area contributed by atoms with E-state index in [1.54, 1.807) is 29.2 Å². The van der Waals surface area contributed by atoms with Gasteiger partial charge in [0.15, 0.2) is 11.6 Å². The van der Waals surface area contributed by atoms with Crippen molar-refractivity contribution in [3.63, 3.8) is 0 Å². The lowest BCUT2D eigenvalue weighted by Crippen LogP contribution is -2.25. The highest BCUT2D eigenvalue weighted by atomic mass is 19.4. The van der Waals surface area contributed by atoms with Gasteiger partial charge in [0.2, 0.25) is 11.7 Å². The number of nitrogens with one attached hydrogen (secondary N) is 1. The first-order chi connectivity index (χ1) is 15.7. The topological polar surface area (TPSA) is 84.1 Å². The van der Waals surface area contributed by atoms with E-state index >= 15 is 4.39 Å². The number of anilines is 2. The van der Waals surface area contributed by atoms with Gasteiger partial charge in [-0.15, -0.1) is 0 Å². The van der Waals surface area contributed by atoms with Crippen LogP contribution in [0.5, 0.6) is 0 Å². The molecular weight excluding hydrogens is 438 g/mol. The second-order valence-corrected chi connectivity index (χ2v) is 7.75. The molecule has 4 rings (SSSR count). The minimum absolute atomic E-state index is 0.0112. The SMILES string of the molecule is NC(=O)c1ccc(CNc2ncnc(N3CCCC3c3ccc(C(F)(F)F)cc3)c2F)cc1. The van der Waals surface area contributed by atoms with Crippen molar-refractivity contribution in [3.8, 4) is 0 Å². The highest BCUT2D eigenvalue weighted by Crippen LogP contribution is 2.38. The highest BCUT2D eigenvalue weighted by Gasteiger charge is 2.33. The Morgan fingerprint density at radius 1 is 1.09 bits per heavy atom. The van der Waals surface area contributed by atoms with E-state index in [0.717, 1.165) is 24.1 Å². The molecule has 1 amide bonds. The minimum Gasteiger partial charge on any atom is -0.366 e. The highest BCUT2D eigenvalue weighted by molar-refractivity contribution is 5.92. The third-order valence-electron chi connectivity index (χ3n) is 5.62. The number of primary amides is 1. The number of amides is 1. The summed E-state index contributed by atoms with van der Waals surface area (Å²) in [6.45, 7) is 0.780. The minimum atomic E-state index is -4.41. The molecule has 33 heavy (non-hydrogen) atoms. The molecule has 0 radical (unpaired) electrons. The zero-order valence-electron chi connectivity index (χ0n) is 17.4.